The highest BCUT2D eigenvalue weighted by Crippen LogP contribution is 2.24. The van der Waals surface area contributed by atoms with Gasteiger partial charge in [0.05, 0.1) is 5.56 Å². The molecule has 1 fully saturated rings. The van der Waals surface area contributed by atoms with Crippen LogP contribution < -0.4 is 5.32 Å². The molecule has 2 N–H and O–H groups in total. The maximum absolute atomic E-state index is 12.5. The molecule has 1 aliphatic rings. The van der Waals surface area contributed by atoms with Crippen LogP contribution in [0.5, 0.6) is 0 Å². The predicted molar refractivity (Wildman–Crippen MR) is 84.0 cm³/mol. The summed E-state index contributed by atoms with van der Waals surface area (Å²) in [6, 6.07) is 5.89. The third-order valence-corrected chi connectivity index (χ3v) is 3.99. The quantitative estimate of drug-likeness (QED) is 0.821. The van der Waals surface area contributed by atoms with Gasteiger partial charge in [-0.15, -0.1) is 0 Å². The van der Waals surface area contributed by atoms with Gasteiger partial charge in [-0.2, -0.15) is 0 Å². The van der Waals surface area contributed by atoms with Crippen molar-refractivity contribution in [3.63, 3.8) is 0 Å². The number of aliphatic hydroxyl groups is 1. The van der Waals surface area contributed by atoms with Crippen LogP contribution in [0.25, 0.3) is 0 Å². The molecular formula is C18H23NO2. The van der Waals surface area contributed by atoms with Crippen LogP contribution in [-0.4, -0.2) is 23.7 Å². The van der Waals surface area contributed by atoms with Gasteiger partial charge >= 0.3 is 0 Å². The molecule has 1 amide bonds. The number of rotatable bonds is 2. The Kier molecular flexibility index (Phi) is 5.41. The molecule has 1 aromatic rings. The van der Waals surface area contributed by atoms with Crippen molar-refractivity contribution in [2.45, 2.75) is 45.6 Å². The average Bonchev–Trinajstić information content (AvgIpc) is 2.45. The van der Waals surface area contributed by atoms with E-state index < -0.39 is 0 Å². The second-order valence-corrected chi connectivity index (χ2v) is 5.95. The zero-order valence-electron chi connectivity index (χ0n) is 12.8. The Morgan fingerprint density at radius 2 is 2.24 bits per heavy atom. The number of carbonyl (C=O) groups is 1. The average molecular weight is 285 g/mol. The van der Waals surface area contributed by atoms with E-state index in [0.29, 0.717) is 17.0 Å². The molecule has 3 heteroatoms. The number of nitrogens with one attached hydrogen (secondary N) is 1. The molecule has 112 valence electrons. The van der Waals surface area contributed by atoms with Crippen LogP contribution in [0.2, 0.25) is 0 Å². The summed E-state index contributed by atoms with van der Waals surface area (Å²) in [6.45, 7) is 4.01. The number of aryl methyl sites for hydroxylation is 1. The first kappa shape index (κ1) is 15.6. The van der Waals surface area contributed by atoms with Crippen molar-refractivity contribution >= 4 is 5.91 Å². The Balaban J connectivity index is 2.14. The Labute approximate surface area is 126 Å². The van der Waals surface area contributed by atoms with Crippen LogP contribution in [0, 0.1) is 24.7 Å². The van der Waals surface area contributed by atoms with Crippen LogP contribution in [0.15, 0.2) is 18.2 Å². The molecule has 2 rings (SSSR count). The van der Waals surface area contributed by atoms with E-state index in [1.165, 1.54) is 12.8 Å². The standard InChI is InChI=1S/C18H23NO2/c1-13-5-3-7-16(12-13)19-18(21)17-9-8-14(2)11-15(17)6-4-10-20/h8-9,11,13,16,20H,3,5,7,10,12H2,1-2H3,(H,19,21). The number of carbonyl (C=O) groups excluding carboxylic acids is 1. The molecule has 0 spiro atoms. The highest BCUT2D eigenvalue weighted by molar-refractivity contribution is 5.97. The van der Waals surface area contributed by atoms with Crippen LogP contribution >= 0.6 is 0 Å². The Bertz CT molecular complexity index is 568. The largest absolute Gasteiger partial charge is 0.384 e. The molecule has 21 heavy (non-hydrogen) atoms. The highest BCUT2D eigenvalue weighted by atomic mass is 16.2. The van der Waals surface area contributed by atoms with Gasteiger partial charge in [0, 0.05) is 11.6 Å². The number of hydrogen-bond donors (Lipinski definition) is 2. The van der Waals surface area contributed by atoms with Gasteiger partial charge in [-0.1, -0.05) is 37.7 Å². The highest BCUT2D eigenvalue weighted by Gasteiger charge is 2.21. The van der Waals surface area contributed by atoms with E-state index >= 15 is 0 Å². The van der Waals surface area contributed by atoms with Gasteiger partial charge in [0.1, 0.15) is 6.61 Å². The lowest BCUT2D eigenvalue weighted by Crippen LogP contribution is -2.38. The lowest BCUT2D eigenvalue weighted by atomic mass is 9.87. The maximum Gasteiger partial charge on any atom is 0.252 e. The Morgan fingerprint density at radius 3 is 2.95 bits per heavy atom. The molecule has 1 aliphatic carbocycles. The SMILES string of the molecule is Cc1ccc(C(=O)NC2CCCC(C)C2)c(C#CCO)c1. The van der Waals surface area contributed by atoms with Crippen LogP contribution in [-0.2, 0) is 0 Å². The van der Waals surface area contributed by atoms with Crippen molar-refractivity contribution in [1.29, 1.82) is 0 Å². The summed E-state index contributed by atoms with van der Waals surface area (Å²) in [7, 11) is 0. The van der Waals surface area contributed by atoms with Gasteiger partial charge in [-0.25, -0.2) is 0 Å². The van der Waals surface area contributed by atoms with Crippen LogP contribution in [0.1, 0.15) is 54.1 Å². The molecule has 1 saturated carbocycles. The summed E-state index contributed by atoms with van der Waals surface area (Å²) in [6.07, 6.45) is 4.54. The van der Waals surface area contributed by atoms with Crippen LogP contribution in [0.3, 0.4) is 0 Å². The number of aliphatic hydroxyl groups excluding tert-OH is 1. The minimum Gasteiger partial charge on any atom is -0.384 e. The molecular weight excluding hydrogens is 262 g/mol. The molecule has 0 aliphatic heterocycles. The van der Waals surface area contributed by atoms with E-state index in [9.17, 15) is 4.79 Å². The van der Waals surface area contributed by atoms with Crippen LogP contribution in [0.4, 0.5) is 0 Å². The van der Waals surface area contributed by atoms with Crippen molar-refractivity contribution in [3.05, 3.63) is 34.9 Å². The van der Waals surface area contributed by atoms with E-state index in [0.717, 1.165) is 18.4 Å². The fraction of sp³-hybridized carbons (Fsp3) is 0.500. The number of hydrogen-bond acceptors (Lipinski definition) is 2. The van der Waals surface area contributed by atoms with Crippen molar-refractivity contribution in [2.75, 3.05) is 6.61 Å². The van der Waals surface area contributed by atoms with Gasteiger partial charge in [0.15, 0.2) is 0 Å². The predicted octanol–water partition coefficient (Wildman–Crippen LogP) is 2.65. The van der Waals surface area contributed by atoms with E-state index in [4.69, 9.17) is 5.11 Å². The van der Waals surface area contributed by atoms with Gasteiger partial charge in [-0.05, 0) is 43.4 Å². The van der Waals surface area contributed by atoms with E-state index in [1.54, 1.807) is 0 Å². The number of amides is 1. The molecule has 0 bridgehead atoms. The second kappa shape index (κ2) is 7.28. The third-order valence-electron chi connectivity index (χ3n) is 3.99. The van der Waals surface area contributed by atoms with Gasteiger partial charge in [-0.3, -0.25) is 4.79 Å². The van der Waals surface area contributed by atoms with Gasteiger partial charge in [0.25, 0.3) is 5.91 Å². The normalized spacial score (nSPS) is 21.3. The molecule has 0 radical (unpaired) electrons. The minimum absolute atomic E-state index is 0.0589. The smallest absolute Gasteiger partial charge is 0.252 e. The van der Waals surface area contributed by atoms with Crippen molar-refractivity contribution in [1.82, 2.24) is 5.32 Å². The van der Waals surface area contributed by atoms with Gasteiger partial charge < -0.3 is 10.4 Å². The first-order valence-corrected chi connectivity index (χ1v) is 7.61. The molecule has 2 unspecified atom stereocenters. The summed E-state index contributed by atoms with van der Waals surface area (Å²) >= 11 is 0. The van der Waals surface area contributed by atoms with Crippen molar-refractivity contribution < 1.29 is 9.90 Å². The zero-order valence-corrected chi connectivity index (χ0v) is 12.8. The monoisotopic (exact) mass is 285 g/mol. The fourth-order valence-electron chi connectivity index (χ4n) is 2.92. The first-order valence-electron chi connectivity index (χ1n) is 7.61. The summed E-state index contributed by atoms with van der Waals surface area (Å²) in [5, 5.41) is 12.0. The topological polar surface area (TPSA) is 49.3 Å². The Morgan fingerprint density at radius 1 is 1.43 bits per heavy atom. The molecule has 1 aromatic carbocycles. The molecule has 3 nitrogen and oxygen atoms in total. The summed E-state index contributed by atoms with van der Waals surface area (Å²) in [5.74, 6) is 6.11. The van der Waals surface area contributed by atoms with E-state index in [2.05, 4.69) is 24.1 Å². The minimum atomic E-state index is -0.199. The maximum atomic E-state index is 12.5. The third kappa shape index (κ3) is 4.34. The number of benzene rings is 1. The van der Waals surface area contributed by atoms with Gasteiger partial charge in [0.2, 0.25) is 0 Å². The summed E-state index contributed by atoms with van der Waals surface area (Å²) < 4.78 is 0. The van der Waals surface area contributed by atoms with Crippen molar-refractivity contribution in [3.8, 4) is 11.8 Å². The molecule has 0 heterocycles. The lowest BCUT2D eigenvalue weighted by Gasteiger charge is -2.27. The van der Waals surface area contributed by atoms with E-state index in [1.807, 2.05) is 25.1 Å². The zero-order chi connectivity index (χ0) is 15.2. The lowest BCUT2D eigenvalue weighted by molar-refractivity contribution is 0.0921. The molecule has 2 atom stereocenters. The van der Waals surface area contributed by atoms with E-state index in [-0.39, 0.29) is 18.6 Å². The first-order chi connectivity index (χ1) is 10.1. The second-order valence-electron chi connectivity index (χ2n) is 5.95. The van der Waals surface area contributed by atoms with Crippen molar-refractivity contribution in [2.24, 2.45) is 5.92 Å². The summed E-state index contributed by atoms with van der Waals surface area (Å²) in [5.41, 5.74) is 2.34. The molecule has 0 aromatic heterocycles. The fourth-order valence-corrected chi connectivity index (χ4v) is 2.92. The molecule has 0 saturated heterocycles. The Hall–Kier alpha value is -1.79. The summed E-state index contributed by atoms with van der Waals surface area (Å²) in [4.78, 5) is 12.5.